The van der Waals surface area contributed by atoms with Gasteiger partial charge in [-0.25, -0.2) is 0 Å². The lowest BCUT2D eigenvalue weighted by Crippen LogP contribution is -1.95. The number of nitrogens with two attached hydrogens (primary N) is 1. The minimum atomic E-state index is 0.398. The first-order valence-corrected chi connectivity index (χ1v) is 6.08. The first-order chi connectivity index (χ1) is 8.20. The van der Waals surface area contributed by atoms with Gasteiger partial charge in [0.05, 0.1) is 0 Å². The molecule has 3 heteroatoms. The topological polar surface area (TPSA) is 26.0 Å². The zero-order chi connectivity index (χ0) is 12.3. The number of hydrogen-bond acceptors (Lipinski definition) is 2. The minimum Gasteiger partial charge on any atom is -0.326 e. The van der Waals surface area contributed by atoms with Crippen molar-refractivity contribution < 1.29 is 0 Å². The second kappa shape index (κ2) is 5.41. The van der Waals surface area contributed by atoms with Crippen LogP contribution in [0.25, 0.3) is 11.1 Å². The highest BCUT2D eigenvalue weighted by Crippen LogP contribution is 2.21. The van der Waals surface area contributed by atoms with Crippen LogP contribution in [0.15, 0.2) is 48.5 Å². The number of thiocarbonyl (C=S) groups is 1. The Balaban J connectivity index is 2.29. The largest absolute Gasteiger partial charge is 0.326 e. The molecule has 0 aliphatic carbocycles. The van der Waals surface area contributed by atoms with Crippen LogP contribution in [0.4, 0.5) is 0 Å². The van der Waals surface area contributed by atoms with Crippen LogP contribution in [0, 0.1) is 0 Å². The standard InChI is InChI=1S/C14H12ClNS/c15-14(17)13-7-5-12(6-8-13)11-3-1-10(9-16)2-4-11/h1-8H,9,16H2. The first kappa shape index (κ1) is 12.2. The molecule has 0 aliphatic heterocycles. The Bertz CT molecular complexity index is 517. The van der Waals surface area contributed by atoms with E-state index < -0.39 is 0 Å². The van der Waals surface area contributed by atoms with Crippen LogP contribution in [-0.2, 0) is 6.54 Å². The smallest absolute Gasteiger partial charge is 0.111 e. The predicted molar refractivity (Wildman–Crippen MR) is 77.3 cm³/mol. The van der Waals surface area contributed by atoms with E-state index in [9.17, 15) is 0 Å². The van der Waals surface area contributed by atoms with Crippen molar-refractivity contribution in [1.82, 2.24) is 0 Å². The molecule has 0 amide bonds. The van der Waals surface area contributed by atoms with E-state index in [0.29, 0.717) is 10.9 Å². The third kappa shape index (κ3) is 2.91. The Morgan fingerprint density at radius 1 is 0.941 bits per heavy atom. The Kier molecular flexibility index (Phi) is 3.89. The van der Waals surface area contributed by atoms with Crippen LogP contribution in [0.5, 0.6) is 0 Å². The molecule has 0 saturated heterocycles. The van der Waals surface area contributed by atoms with E-state index in [1.807, 2.05) is 36.4 Å². The van der Waals surface area contributed by atoms with Crippen molar-refractivity contribution in [2.24, 2.45) is 5.73 Å². The van der Waals surface area contributed by atoms with Crippen molar-refractivity contribution in [2.45, 2.75) is 6.54 Å². The number of hydrogen-bond donors (Lipinski definition) is 1. The fourth-order valence-electron chi connectivity index (χ4n) is 1.63. The number of rotatable bonds is 3. The van der Waals surface area contributed by atoms with E-state index in [2.05, 4.69) is 12.1 Å². The lowest BCUT2D eigenvalue weighted by Gasteiger charge is -2.04. The van der Waals surface area contributed by atoms with Crippen LogP contribution < -0.4 is 5.73 Å². The summed E-state index contributed by atoms with van der Waals surface area (Å²) in [5, 5.41) is 0. The SMILES string of the molecule is NCc1ccc(-c2ccc(C(=S)Cl)cc2)cc1. The van der Waals surface area contributed by atoms with Crippen LogP contribution in [0.2, 0.25) is 0 Å². The summed E-state index contributed by atoms with van der Waals surface area (Å²) in [7, 11) is 0. The molecule has 2 N–H and O–H groups in total. The maximum absolute atomic E-state index is 5.76. The third-order valence-electron chi connectivity index (χ3n) is 2.63. The Labute approximate surface area is 111 Å². The second-order valence-electron chi connectivity index (χ2n) is 3.75. The highest BCUT2D eigenvalue weighted by atomic mass is 35.5. The highest BCUT2D eigenvalue weighted by Gasteiger charge is 2.00. The lowest BCUT2D eigenvalue weighted by atomic mass is 10.0. The van der Waals surface area contributed by atoms with Gasteiger partial charge >= 0.3 is 0 Å². The molecule has 2 aromatic carbocycles. The molecule has 0 heterocycles. The van der Waals surface area contributed by atoms with E-state index in [1.54, 1.807) is 0 Å². The average molecular weight is 262 g/mol. The molecule has 17 heavy (non-hydrogen) atoms. The van der Waals surface area contributed by atoms with Gasteiger partial charge < -0.3 is 5.73 Å². The zero-order valence-electron chi connectivity index (χ0n) is 9.19. The van der Waals surface area contributed by atoms with Gasteiger partial charge in [-0.05, 0) is 16.7 Å². The van der Waals surface area contributed by atoms with Crippen molar-refractivity contribution in [1.29, 1.82) is 0 Å². The minimum absolute atomic E-state index is 0.398. The van der Waals surface area contributed by atoms with Gasteiger partial charge in [0.25, 0.3) is 0 Å². The van der Waals surface area contributed by atoms with Gasteiger partial charge in [-0.15, -0.1) is 0 Å². The van der Waals surface area contributed by atoms with Crippen molar-refractivity contribution >= 4 is 28.1 Å². The Morgan fingerprint density at radius 2 is 1.41 bits per heavy atom. The van der Waals surface area contributed by atoms with Crippen LogP contribution in [0.3, 0.4) is 0 Å². The molecule has 1 nitrogen and oxygen atoms in total. The summed E-state index contributed by atoms with van der Waals surface area (Å²) in [6.07, 6.45) is 0. The molecule has 0 saturated carbocycles. The van der Waals surface area contributed by atoms with Crippen LogP contribution >= 0.6 is 23.8 Å². The van der Waals surface area contributed by atoms with E-state index in [0.717, 1.165) is 22.3 Å². The van der Waals surface area contributed by atoms with Crippen LogP contribution in [0.1, 0.15) is 11.1 Å². The molecule has 0 fully saturated rings. The number of benzene rings is 2. The summed E-state index contributed by atoms with van der Waals surface area (Å²) in [4.78, 5) is 0. The van der Waals surface area contributed by atoms with Crippen molar-refractivity contribution in [3.8, 4) is 11.1 Å². The maximum Gasteiger partial charge on any atom is 0.111 e. The molecule has 0 spiro atoms. The van der Waals surface area contributed by atoms with E-state index >= 15 is 0 Å². The Hall–Kier alpha value is -1.22. The number of halogens is 1. The molecule has 0 unspecified atom stereocenters. The summed E-state index contributed by atoms with van der Waals surface area (Å²) >= 11 is 10.7. The molecular formula is C14H12ClNS. The molecule has 0 aromatic heterocycles. The molecule has 0 bridgehead atoms. The summed E-state index contributed by atoms with van der Waals surface area (Å²) in [6.45, 7) is 0.569. The molecular weight excluding hydrogens is 250 g/mol. The van der Waals surface area contributed by atoms with Gasteiger partial charge in [0.1, 0.15) is 4.32 Å². The van der Waals surface area contributed by atoms with Crippen molar-refractivity contribution in [3.63, 3.8) is 0 Å². The normalized spacial score (nSPS) is 10.2. The Morgan fingerprint density at radius 3 is 1.82 bits per heavy atom. The fourth-order valence-corrected chi connectivity index (χ4v) is 1.89. The van der Waals surface area contributed by atoms with E-state index in [1.165, 1.54) is 0 Å². The molecule has 0 aliphatic rings. The van der Waals surface area contributed by atoms with Gasteiger partial charge in [-0.2, -0.15) is 0 Å². The fraction of sp³-hybridized carbons (Fsp3) is 0.0714. The molecule has 2 aromatic rings. The third-order valence-corrected chi connectivity index (χ3v) is 3.09. The quantitative estimate of drug-likeness (QED) is 0.673. The lowest BCUT2D eigenvalue weighted by molar-refractivity contribution is 1.07. The molecule has 0 atom stereocenters. The van der Waals surface area contributed by atoms with Gasteiger partial charge in [-0.3, -0.25) is 0 Å². The summed E-state index contributed by atoms with van der Waals surface area (Å²) < 4.78 is 0.398. The van der Waals surface area contributed by atoms with Crippen LogP contribution in [-0.4, -0.2) is 4.32 Å². The van der Waals surface area contributed by atoms with Crippen molar-refractivity contribution in [2.75, 3.05) is 0 Å². The first-order valence-electron chi connectivity index (χ1n) is 5.30. The van der Waals surface area contributed by atoms with E-state index in [-0.39, 0.29) is 0 Å². The van der Waals surface area contributed by atoms with Gasteiger partial charge in [0.2, 0.25) is 0 Å². The van der Waals surface area contributed by atoms with E-state index in [4.69, 9.17) is 29.6 Å². The zero-order valence-corrected chi connectivity index (χ0v) is 10.8. The average Bonchev–Trinajstić information content (AvgIpc) is 2.39. The highest BCUT2D eigenvalue weighted by molar-refractivity contribution is 7.83. The van der Waals surface area contributed by atoms with Crippen molar-refractivity contribution in [3.05, 3.63) is 59.7 Å². The van der Waals surface area contributed by atoms with Gasteiger partial charge in [0, 0.05) is 12.1 Å². The molecule has 2 rings (SSSR count). The molecule has 0 radical (unpaired) electrons. The predicted octanol–water partition coefficient (Wildman–Crippen LogP) is 3.73. The maximum atomic E-state index is 5.76. The van der Waals surface area contributed by atoms with Gasteiger partial charge in [-0.1, -0.05) is 72.3 Å². The summed E-state index contributed by atoms with van der Waals surface area (Å²) in [6, 6.07) is 16.1. The molecule has 86 valence electrons. The monoisotopic (exact) mass is 261 g/mol. The summed E-state index contributed by atoms with van der Waals surface area (Å²) in [5.74, 6) is 0. The summed E-state index contributed by atoms with van der Waals surface area (Å²) in [5.41, 5.74) is 9.88. The second-order valence-corrected chi connectivity index (χ2v) is 4.76. The van der Waals surface area contributed by atoms with Gasteiger partial charge in [0.15, 0.2) is 0 Å².